The molecule has 3 N–H and O–H groups in total. The first-order valence-corrected chi connectivity index (χ1v) is 8.96. The molecular formula is C16H29N3OS. The Morgan fingerprint density at radius 1 is 1.43 bits per heavy atom. The van der Waals surface area contributed by atoms with Crippen LogP contribution >= 0.6 is 11.3 Å². The summed E-state index contributed by atoms with van der Waals surface area (Å²) in [6.45, 7) is 8.99. The zero-order valence-corrected chi connectivity index (χ0v) is 14.6. The first kappa shape index (κ1) is 18.1. The lowest BCUT2D eigenvalue weighted by molar-refractivity contribution is 0.0995. The molecule has 1 amide bonds. The van der Waals surface area contributed by atoms with Gasteiger partial charge in [-0.1, -0.05) is 40.5 Å². The van der Waals surface area contributed by atoms with Gasteiger partial charge in [0.2, 0.25) is 0 Å². The third-order valence-electron chi connectivity index (χ3n) is 3.89. The molecule has 1 aliphatic rings. The molecule has 1 aliphatic carbocycles. The highest BCUT2D eigenvalue weighted by Crippen LogP contribution is 2.27. The van der Waals surface area contributed by atoms with Gasteiger partial charge < -0.3 is 11.1 Å². The van der Waals surface area contributed by atoms with Gasteiger partial charge in [-0.15, -0.1) is 11.3 Å². The molecule has 0 aromatic carbocycles. The fraction of sp³-hybridized carbons (Fsp3) is 0.750. The van der Waals surface area contributed by atoms with Crippen LogP contribution in [0.2, 0.25) is 0 Å². The predicted octanol–water partition coefficient (Wildman–Crippen LogP) is 3.81. The average molecular weight is 311 g/mol. The van der Waals surface area contributed by atoms with Crippen LogP contribution in [0.3, 0.4) is 0 Å². The summed E-state index contributed by atoms with van der Waals surface area (Å²) < 4.78 is 0. The smallest absolute Gasteiger partial charge is 0.268 e. The average Bonchev–Trinajstić information content (AvgIpc) is 3.15. The molecule has 120 valence electrons. The van der Waals surface area contributed by atoms with E-state index in [0.717, 1.165) is 22.9 Å². The highest BCUT2D eigenvalue weighted by Gasteiger charge is 2.20. The highest BCUT2D eigenvalue weighted by atomic mass is 32.1. The number of carbonyl (C=O) groups is 1. The quantitative estimate of drug-likeness (QED) is 0.839. The Hall–Kier alpha value is -0.940. The van der Waals surface area contributed by atoms with Crippen LogP contribution in [-0.4, -0.2) is 16.9 Å². The third kappa shape index (κ3) is 5.08. The van der Waals surface area contributed by atoms with E-state index in [-0.39, 0.29) is 0 Å². The fourth-order valence-corrected chi connectivity index (χ4v) is 3.59. The topological polar surface area (TPSA) is 68.0 Å². The summed E-state index contributed by atoms with van der Waals surface area (Å²) >= 11 is 1.63. The van der Waals surface area contributed by atoms with E-state index in [1.807, 2.05) is 13.8 Å². The van der Waals surface area contributed by atoms with Gasteiger partial charge in [0.05, 0.1) is 9.88 Å². The van der Waals surface area contributed by atoms with Crippen molar-refractivity contribution >= 4 is 17.2 Å². The lowest BCUT2D eigenvalue weighted by atomic mass is 10.1. The van der Waals surface area contributed by atoms with E-state index in [2.05, 4.69) is 24.1 Å². The summed E-state index contributed by atoms with van der Waals surface area (Å²) in [5, 5.41) is 4.55. The Kier molecular flexibility index (Phi) is 7.89. The number of amides is 1. The Labute approximate surface area is 132 Å². The summed E-state index contributed by atoms with van der Waals surface area (Å²) in [6, 6.07) is 0.592. The second-order valence-corrected chi connectivity index (χ2v) is 6.47. The lowest BCUT2D eigenvalue weighted by Crippen LogP contribution is -2.26. The van der Waals surface area contributed by atoms with E-state index in [4.69, 9.17) is 5.73 Å². The summed E-state index contributed by atoms with van der Waals surface area (Å²) in [5.41, 5.74) is 5.89. The largest absolute Gasteiger partial charge is 0.364 e. The minimum Gasteiger partial charge on any atom is -0.364 e. The predicted molar refractivity (Wildman–Crippen MR) is 89.8 cm³/mol. The number of primary amides is 1. The highest BCUT2D eigenvalue weighted by molar-refractivity contribution is 7.12. The summed E-state index contributed by atoms with van der Waals surface area (Å²) in [4.78, 5) is 16.9. The molecule has 21 heavy (non-hydrogen) atoms. The summed E-state index contributed by atoms with van der Waals surface area (Å²) in [6.07, 6.45) is 6.12. The van der Waals surface area contributed by atoms with Gasteiger partial charge in [0.1, 0.15) is 5.69 Å². The van der Waals surface area contributed by atoms with Gasteiger partial charge in [0.15, 0.2) is 0 Å². The van der Waals surface area contributed by atoms with E-state index in [9.17, 15) is 4.79 Å². The van der Waals surface area contributed by atoms with Crippen molar-refractivity contribution in [2.24, 2.45) is 5.73 Å². The Balaban J connectivity index is 0.00000106. The normalized spacial score (nSPS) is 16.4. The molecule has 1 atom stereocenters. The van der Waals surface area contributed by atoms with Crippen molar-refractivity contribution < 1.29 is 4.79 Å². The van der Waals surface area contributed by atoms with Crippen molar-refractivity contribution in [3.63, 3.8) is 0 Å². The molecule has 1 heterocycles. The number of hydrogen-bond acceptors (Lipinski definition) is 4. The standard InChI is InChI=1S/C14H23N3OS.C2H6/c1-3-9(2)14-17-12(13(15)18)11(19-14)8-16-10-6-4-5-7-10;1-2/h9-10,16H,3-8H2,1-2H3,(H2,15,18);1-2H3. The minimum absolute atomic E-state index is 0.392. The second kappa shape index (κ2) is 9.15. The van der Waals surface area contributed by atoms with Crippen molar-refractivity contribution in [1.29, 1.82) is 0 Å². The van der Waals surface area contributed by atoms with Crippen molar-refractivity contribution in [2.45, 2.75) is 78.3 Å². The summed E-state index contributed by atoms with van der Waals surface area (Å²) in [7, 11) is 0. The maximum atomic E-state index is 11.5. The minimum atomic E-state index is -0.408. The van der Waals surface area contributed by atoms with Gasteiger partial charge >= 0.3 is 0 Å². The monoisotopic (exact) mass is 311 g/mol. The van der Waals surface area contributed by atoms with E-state index >= 15 is 0 Å². The van der Waals surface area contributed by atoms with Crippen LogP contribution in [0.1, 0.15) is 86.1 Å². The molecule has 0 aliphatic heterocycles. The molecule has 1 aromatic heterocycles. The number of aromatic nitrogens is 1. The molecule has 1 saturated carbocycles. The molecule has 0 bridgehead atoms. The fourth-order valence-electron chi connectivity index (χ4n) is 2.43. The van der Waals surface area contributed by atoms with Crippen molar-refractivity contribution in [3.05, 3.63) is 15.6 Å². The van der Waals surface area contributed by atoms with E-state index in [1.54, 1.807) is 11.3 Å². The van der Waals surface area contributed by atoms with E-state index in [0.29, 0.717) is 17.7 Å². The number of rotatable bonds is 6. The third-order valence-corrected chi connectivity index (χ3v) is 5.17. The molecule has 4 nitrogen and oxygen atoms in total. The van der Waals surface area contributed by atoms with Crippen molar-refractivity contribution in [2.75, 3.05) is 0 Å². The zero-order chi connectivity index (χ0) is 15.8. The van der Waals surface area contributed by atoms with Gasteiger partial charge in [-0.2, -0.15) is 0 Å². The molecule has 1 aromatic rings. The van der Waals surface area contributed by atoms with E-state index < -0.39 is 5.91 Å². The second-order valence-electron chi connectivity index (χ2n) is 5.36. The molecule has 5 heteroatoms. The van der Waals surface area contributed by atoms with Gasteiger partial charge in [-0.25, -0.2) is 4.98 Å². The maximum absolute atomic E-state index is 11.5. The molecule has 0 radical (unpaired) electrons. The van der Waals surface area contributed by atoms with Crippen LogP contribution in [0.5, 0.6) is 0 Å². The molecule has 2 rings (SSSR count). The number of nitrogens with zero attached hydrogens (tertiary/aromatic N) is 1. The van der Waals surface area contributed by atoms with Gasteiger partial charge in [-0.3, -0.25) is 4.79 Å². The molecule has 1 fully saturated rings. The Bertz CT molecular complexity index is 439. The van der Waals surface area contributed by atoms with Crippen LogP contribution in [0, 0.1) is 0 Å². The first-order valence-electron chi connectivity index (χ1n) is 8.14. The number of nitrogens with one attached hydrogen (secondary N) is 1. The SMILES string of the molecule is CC.CCC(C)c1nc(C(N)=O)c(CNC2CCCC2)s1. The maximum Gasteiger partial charge on any atom is 0.268 e. The van der Waals surface area contributed by atoms with Crippen LogP contribution in [0.25, 0.3) is 0 Å². The van der Waals surface area contributed by atoms with Crippen LogP contribution in [0.4, 0.5) is 0 Å². The zero-order valence-electron chi connectivity index (χ0n) is 13.7. The summed E-state index contributed by atoms with van der Waals surface area (Å²) in [5.74, 6) is -0.0163. The number of hydrogen-bond donors (Lipinski definition) is 2. The van der Waals surface area contributed by atoms with Crippen molar-refractivity contribution in [1.82, 2.24) is 10.3 Å². The number of nitrogens with two attached hydrogens (primary N) is 1. The Morgan fingerprint density at radius 3 is 2.57 bits per heavy atom. The van der Waals surface area contributed by atoms with Crippen LogP contribution in [0.15, 0.2) is 0 Å². The lowest BCUT2D eigenvalue weighted by Gasteiger charge is -2.10. The number of carbonyl (C=O) groups excluding carboxylic acids is 1. The van der Waals surface area contributed by atoms with Gasteiger partial charge in [0.25, 0.3) is 5.91 Å². The van der Waals surface area contributed by atoms with Crippen molar-refractivity contribution in [3.8, 4) is 0 Å². The van der Waals surface area contributed by atoms with Gasteiger partial charge in [-0.05, 0) is 19.3 Å². The van der Waals surface area contributed by atoms with Crippen LogP contribution < -0.4 is 11.1 Å². The van der Waals surface area contributed by atoms with Crippen LogP contribution in [-0.2, 0) is 6.54 Å². The Morgan fingerprint density at radius 2 is 2.05 bits per heavy atom. The van der Waals surface area contributed by atoms with Gasteiger partial charge in [0, 0.05) is 18.5 Å². The molecular weight excluding hydrogens is 282 g/mol. The molecule has 0 spiro atoms. The number of thiazole rings is 1. The molecule has 0 saturated heterocycles. The molecule has 1 unspecified atom stereocenters. The van der Waals surface area contributed by atoms with E-state index in [1.165, 1.54) is 25.7 Å². The first-order chi connectivity index (χ1) is 10.1.